The average molecular weight is 359 g/mol. The van der Waals surface area contributed by atoms with E-state index in [0.29, 0.717) is 28.7 Å². The van der Waals surface area contributed by atoms with Crippen LogP contribution in [0.25, 0.3) is 6.08 Å². The van der Waals surface area contributed by atoms with Gasteiger partial charge in [0.05, 0.1) is 7.11 Å². The molecule has 3 rings (SSSR count). The van der Waals surface area contributed by atoms with Crippen molar-refractivity contribution >= 4 is 29.6 Å². The first-order valence-electron chi connectivity index (χ1n) is 7.44. The molecule has 0 radical (unpaired) electrons. The normalized spacial score (nSPS) is 15.0. The molecule has 6 nitrogen and oxygen atoms in total. The molecule has 1 aliphatic heterocycles. The zero-order chi connectivity index (χ0) is 17.8. The Bertz CT molecular complexity index is 847. The van der Waals surface area contributed by atoms with E-state index in [-0.39, 0.29) is 5.70 Å². The van der Waals surface area contributed by atoms with Crippen LogP contribution in [0, 0.1) is 0 Å². The number of nitrogens with one attached hydrogen (secondary N) is 2. The van der Waals surface area contributed by atoms with Crippen LogP contribution in [0.2, 0.25) is 5.02 Å². The van der Waals surface area contributed by atoms with Gasteiger partial charge in [-0.3, -0.25) is 10.1 Å². The number of imide groups is 1. The highest BCUT2D eigenvalue weighted by Crippen LogP contribution is 2.29. The maximum Gasteiger partial charge on any atom is 0.326 e. The molecule has 0 bridgehead atoms. The van der Waals surface area contributed by atoms with Gasteiger partial charge in [0.1, 0.15) is 12.3 Å². The number of methoxy groups -OCH3 is 1. The molecule has 0 saturated carbocycles. The molecule has 128 valence electrons. The lowest BCUT2D eigenvalue weighted by molar-refractivity contribution is -0.115. The minimum atomic E-state index is -0.536. The lowest BCUT2D eigenvalue weighted by Crippen LogP contribution is -2.22. The number of carbonyl (C=O) groups excluding carboxylic acids is 2. The number of hydrogen-bond acceptors (Lipinski definition) is 4. The summed E-state index contributed by atoms with van der Waals surface area (Å²) in [5.41, 5.74) is 1.85. The van der Waals surface area contributed by atoms with E-state index in [1.807, 2.05) is 12.1 Å². The van der Waals surface area contributed by atoms with Gasteiger partial charge < -0.3 is 14.8 Å². The van der Waals surface area contributed by atoms with E-state index in [2.05, 4.69) is 10.6 Å². The van der Waals surface area contributed by atoms with Crippen LogP contribution in [0.1, 0.15) is 11.1 Å². The Morgan fingerprint density at radius 3 is 2.44 bits per heavy atom. The summed E-state index contributed by atoms with van der Waals surface area (Å²) in [6.07, 6.45) is 1.56. The number of carbonyl (C=O) groups is 2. The molecule has 25 heavy (non-hydrogen) atoms. The number of benzene rings is 2. The monoisotopic (exact) mass is 358 g/mol. The van der Waals surface area contributed by atoms with E-state index in [4.69, 9.17) is 21.1 Å². The second kappa shape index (κ2) is 7.27. The molecular formula is C18H15ClN2O4. The zero-order valence-electron chi connectivity index (χ0n) is 13.3. The summed E-state index contributed by atoms with van der Waals surface area (Å²) in [7, 11) is 1.53. The van der Waals surface area contributed by atoms with Crippen molar-refractivity contribution in [2.45, 2.75) is 6.61 Å². The van der Waals surface area contributed by atoms with Crippen LogP contribution in [0.4, 0.5) is 4.79 Å². The minimum absolute atomic E-state index is 0.182. The van der Waals surface area contributed by atoms with Crippen molar-refractivity contribution < 1.29 is 19.1 Å². The Morgan fingerprint density at radius 2 is 1.80 bits per heavy atom. The third-order valence-electron chi connectivity index (χ3n) is 3.53. The van der Waals surface area contributed by atoms with Gasteiger partial charge in [-0.1, -0.05) is 29.8 Å². The molecule has 0 unspecified atom stereocenters. The smallest absolute Gasteiger partial charge is 0.326 e. The number of amides is 3. The molecule has 0 atom stereocenters. The predicted molar refractivity (Wildman–Crippen MR) is 93.4 cm³/mol. The first-order chi connectivity index (χ1) is 12.0. The van der Waals surface area contributed by atoms with E-state index in [9.17, 15) is 9.59 Å². The van der Waals surface area contributed by atoms with Crippen LogP contribution in [-0.2, 0) is 11.4 Å². The zero-order valence-corrected chi connectivity index (χ0v) is 14.1. The van der Waals surface area contributed by atoms with Crippen molar-refractivity contribution in [2.24, 2.45) is 0 Å². The third kappa shape index (κ3) is 4.10. The Morgan fingerprint density at radius 1 is 1.04 bits per heavy atom. The number of ether oxygens (including phenoxy) is 2. The van der Waals surface area contributed by atoms with Crippen molar-refractivity contribution in [3.8, 4) is 11.5 Å². The van der Waals surface area contributed by atoms with Crippen molar-refractivity contribution in [1.29, 1.82) is 0 Å². The van der Waals surface area contributed by atoms with Crippen LogP contribution in [0.5, 0.6) is 11.5 Å². The Balaban J connectivity index is 1.75. The average Bonchev–Trinajstić information content (AvgIpc) is 2.92. The van der Waals surface area contributed by atoms with Crippen LogP contribution in [0.15, 0.2) is 48.2 Å². The summed E-state index contributed by atoms with van der Waals surface area (Å²) in [4.78, 5) is 22.7. The van der Waals surface area contributed by atoms with Gasteiger partial charge in [0.2, 0.25) is 0 Å². The van der Waals surface area contributed by atoms with Crippen LogP contribution in [0.3, 0.4) is 0 Å². The first kappa shape index (κ1) is 16.9. The Hall–Kier alpha value is -2.99. The Labute approximate surface area is 149 Å². The van der Waals surface area contributed by atoms with Crippen LogP contribution in [-0.4, -0.2) is 19.0 Å². The number of rotatable bonds is 5. The highest BCUT2D eigenvalue weighted by Gasteiger charge is 2.22. The lowest BCUT2D eigenvalue weighted by atomic mass is 10.1. The standard InChI is InChI=1S/C18H15ClN2O4/c1-24-16-9-12(8-14-17(22)21-18(23)20-14)4-7-15(16)25-10-11-2-5-13(19)6-3-11/h2-9H,10H2,1H3,(H2,20,21,22,23). The summed E-state index contributed by atoms with van der Waals surface area (Å²) in [5.74, 6) is 0.625. The maximum absolute atomic E-state index is 11.6. The maximum atomic E-state index is 11.6. The van der Waals surface area contributed by atoms with Crippen molar-refractivity contribution in [2.75, 3.05) is 7.11 Å². The molecular weight excluding hydrogens is 344 g/mol. The van der Waals surface area contributed by atoms with Gasteiger partial charge in [0.25, 0.3) is 5.91 Å². The second-order valence-electron chi connectivity index (χ2n) is 5.29. The fourth-order valence-corrected chi connectivity index (χ4v) is 2.41. The lowest BCUT2D eigenvalue weighted by Gasteiger charge is -2.11. The molecule has 7 heteroatoms. The fraction of sp³-hybridized carbons (Fsp3) is 0.111. The third-order valence-corrected chi connectivity index (χ3v) is 3.78. The van der Waals surface area contributed by atoms with Gasteiger partial charge in [-0.05, 0) is 41.5 Å². The van der Waals surface area contributed by atoms with Gasteiger partial charge >= 0.3 is 6.03 Å². The fourth-order valence-electron chi connectivity index (χ4n) is 2.28. The van der Waals surface area contributed by atoms with E-state index >= 15 is 0 Å². The highest BCUT2D eigenvalue weighted by molar-refractivity contribution is 6.30. The van der Waals surface area contributed by atoms with E-state index < -0.39 is 11.9 Å². The van der Waals surface area contributed by atoms with Crippen LogP contribution < -0.4 is 20.1 Å². The van der Waals surface area contributed by atoms with Gasteiger partial charge in [-0.15, -0.1) is 0 Å². The summed E-state index contributed by atoms with van der Waals surface area (Å²) in [5, 5.41) is 5.25. The Kier molecular flexibility index (Phi) is 4.90. The predicted octanol–water partition coefficient (Wildman–Crippen LogP) is 3.11. The molecule has 1 saturated heterocycles. The van der Waals surface area contributed by atoms with Gasteiger partial charge in [0, 0.05) is 5.02 Å². The van der Waals surface area contributed by atoms with E-state index in [0.717, 1.165) is 5.56 Å². The molecule has 0 spiro atoms. The number of urea groups is 1. The summed E-state index contributed by atoms with van der Waals surface area (Å²) >= 11 is 5.86. The SMILES string of the molecule is COc1cc(C=C2NC(=O)NC2=O)ccc1OCc1ccc(Cl)cc1. The molecule has 1 fully saturated rings. The molecule has 1 heterocycles. The molecule has 2 N–H and O–H groups in total. The second-order valence-corrected chi connectivity index (χ2v) is 5.73. The topological polar surface area (TPSA) is 76.7 Å². The first-order valence-corrected chi connectivity index (χ1v) is 7.82. The van der Waals surface area contributed by atoms with Gasteiger partial charge in [0.15, 0.2) is 11.5 Å². The number of halogens is 1. The van der Waals surface area contributed by atoms with Crippen LogP contribution >= 0.6 is 11.6 Å². The molecule has 2 aromatic rings. The van der Waals surface area contributed by atoms with Gasteiger partial charge in [-0.25, -0.2) is 4.79 Å². The van der Waals surface area contributed by atoms with E-state index in [1.54, 1.807) is 36.4 Å². The number of hydrogen-bond donors (Lipinski definition) is 2. The summed E-state index contributed by atoms with van der Waals surface area (Å²) in [6, 6.07) is 12.1. The van der Waals surface area contributed by atoms with E-state index in [1.165, 1.54) is 7.11 Å². The molecule has 0 aromatic heterocycles. The van der Waals surface area contributed by atoms with Crippen molar-refractivity contribution in [1.82, 2.24) is 10.6 Å². The summed E-state index contributed by atoms with van der Waals surface area (Å²) in [6.45, 7) is 0.367. The quantitative estimate of drug-likeness (QED) is 0.636. The van der Waals surface area contributed by atoms with Crippen molar-refractivity contribution in [3.05, 3.63) is 64.3 Å². The minimum Gasteiger partial charge on any atom is -0.493 e. The molecule has 2 aromatic carbocycles. The van der Waals surface area contributed by atoms with Crippen molar-refractivity contribution in [3.63, 3.8) is 0 Å². The summed E-state index contributed by atoms with van der Waals surface area (Å²) < 4.78 is 11.1. The van der Waals surface area contributed by atoms with Gasteiger partial charge in [-0.2, -0.15) is 0 Å². The largest absolute Gasteiger partial charge is 0.493 e. The molecule has 1 aliphatic rings. The highest BCUT2D eigenvalue weighted by atomic mass is 35.5. The molecule has 3 amide bonds. The molecule has 0 aliphatic carbocycles.